The Morgan fingerprint density at radius 3 is 2.25 bits per heavy atom. The second kappa shape index (κ2) is 6.82. The van der Waals surface area contributed by atoms with Crippen molar-refractivity contribution >= 4 is 34.8 Å². The van der Waals surface area contributed by atoms with Gasteiger partial charge in [-0.3, -0.25) is 0 Å². The van der Waals surface area contributed by atoms with E-state index in [1.807, 2.05) is 31.3 Å². The minimum Gasteiger partial charge on any atom is -0.313 e. The quantitative estimate of drug-likeness (QED) is 0.786. The second-order valence-electron chi connectivity index (χ2n) is 4.78. The largest absolute Gasteiger partial charge is 0.313 e. The Labute approximate surface area is 134 Å². The van der Waals surface area contributed by atoms with E-state index in [0.717, 1.165) is 17.0 Å². The van der Waals surface area contributed by atoms with Crippen LogP contribution < -0.4 is 5.32 Å². The third kappa shape index (κ3) is 3.67. The van der Waals surface area contributed by atoms with Crippen LogP contribution in [-0.2, 0) is 6.42 Å². The van der Waals surface area contributed by atoms with Crippen LogP contribution in [0.15, 0.2) is 36.4 Å². The molecule has 0 spiro atoms. The van der Waals surface area contributed by atoms with Gasteiger partial charge in [-0.2, -0.15) is 0 Å². The summed E-state index contributed by atoms with van der Waals surface area (Å²) in [6.45, 7) is 2.06. The van der Waals surface area contributed by atoms with Crippen LogP contribution in [0.4, 0.5) is 0 Å². The lowest BCUT2D eigenvalue weighted by Crippen LogP contribution is -2.20. The summed E-state index contributed by atoms with van der Waals surface area (Å²) in [7, 11) is 1.95. The molecular weight excluding hydrogens is 313 g/mol. The van der Waals surface area contributed by atoms with Gasteiger partial charge in [0.2, 0.25) is 0 Å². The average molecular weight is 329 g/mol. The number of benzene rings is 2. The van der Waals surface area contributed by atoms with Crippen LogP contribution in [0.25, 0.3) is 0 Å². The predicted octanol–water partition coefficient (Wildman–Crippen LogP) is 5.46. The first-order valence-electron chi connectivity index (χ1n) is 6.38. The maximum absolute atomic E-state index is 6.25. The van der Waals surface area contributed by atoms with E-state index >= 15 is 0 Å². The molecular formula is C16H16Cl3N. The first-order valence-corrected chi connectivity index (χ1v) is 7.52. The van der Waals surface area contributed by atoms with Gasteiger partial charge in [-0.25, -0.2) is 0 Å². The highest BCUT2D eigenvalue weighted by atomic mass is 35.5. The van der Waals surface area contributed by atoms with Gasteiger partial charge < -0.3 is 5.32 Å². The van der Waals surface area contributed by atoms with Crippen LogP contribution in [0.3, 0.4) is 0 Å². The molecule has 0 aromatic heterocycles. The molecule has 0 aliphatic rings. The average Bonchev–Trinajstić information content (AvgIpc) is 2.39. The molecule has 1 unspecified atom stereocenters. The van der Waals surface area contributed by atoms with Gasteiger partial charge in [0.05, 0.1) is 0 Å². The van der Waals surface area contributed by atoms with Crippen molar-refractivity contribution in [2.24, 2.45) is 0 Å². The Morgan fingerprint density at radius 1 is 1.00 bits per heavy atom. The molecule has 0 heterocycles. The molecule has 1 N–H and O–H groups in total. The van der Waals surface area contributed by atoms with E-state index in [0.29, 0.717) is 10.0 Å². The highest BCUT2D eigenvalue weighted by molar-refractivity contribution is 6.35. The fourth-order valence-corrected chi connectivity index (χ4v) is 3.02. The number of hydrogen-bond acceptors (Lipinski definition) is 1. The molecule has 2 aromatic rings. The lowest BCUT2D eigenvalue weighted by Gasteiger charge is -2.20. The minimum absolute atomic E-state index is 0.186. The summed E-state index contributed by atoms with van der Waals surface area (Å²) in [6, 6.07) is 11.8. The van der Waals surface area contributed by atoms with Gasteiger partial charge in [0.25, 0.3) is 0 Å². The number of likely N-dealkylation sites (N-methyl/N-ethyl adjacent to an activating group) is 1. The maximum Gasteiger partial charge on any atom is 0.0453 e. The van der Waals surface area contributed by atoms with E-state index in [1.165, 1.54) is 11.1 Å². The zero-order valence-corrected chi connectivity index (χ0v) is 13.7. The van der Waals surface area contributed by atoms with E-state index in [2.05, 4.69) is 18.3 Å². The van der Waals surface area contributed by atoms with Crippen LogP contribution in [0, 0.1) is 6.92 Å². The molecule has 4 heteroatoms. The first-order chi connectivity index (χ1) is 9.51. The van der Waals surface area contributed by atoms with Crippen LogP contribution in [0.5, 0.6) is 0 Å². The van der Waals surface area contributed by atoms with Crippen molar-refractivity contribution in [3.05, 3.63) is 68.2 Å². The Balaban J connectivity index is 2.28. The van der Waals surface area contributed by atoms with Gasteiger partial charge in [0.15, 0.2) is 0 Å². The summed E-state index contributed by atoms with van der Waals surface area (Å²) in [4.78, 5) is 0. The molecule has 0 saturated carbocycles. The Bertz CT molecular complexity index is 611. The van der Waals surface area contributed by atoms with Crippen molar-refractivity contribution in [3.8, 4) is 0 Å². The molecule has 2 aromatic carbocycles. The van der Waals surface area contributed by atoms with Crippen molar-refractivity contribution in [1.82, 2.24) is 5.32 Å². The van der Waals surface area contributed by atoms with E-state index in [1.54, 1.807) is 6.07 Å². The van der Waals surface area contributed by atoms with Crippen LogP contribution in [0.2, 0.25) is 15.1 Å². The predicted molar refractivity (Wildman–Crippen MR) is 88.2 cm³/mol. The minimum atomic E-state index is 0.186. The molecule has 0 amide bonds. The highest BCUT2D eigenvalue weighted by Gasteiger charge is 2.14. The smallest absolute Gasteiger partial charge is 0.0453 e. The van der Waals surface area contributed by atoms with Gasteiger partial charge in [0, 0.05) is 21.1 Å². The van der Waals surface area contributed by atoms with Crippen LogP contribution >= 0.6 is 34.8 Å². The molecule has 2 rings (SSSR count). The molecule has 0 saturated heterocycles. The van der Waals surface area contributed by atoms with Gasteiger partial charge in [-0.15, -0.1) is 0 Å². The molecule has 1 atom stereocenters. The summed E-state index contributed by atoms with van der Waals surface area (Å²) in [5, 5.41) is 5.44. The summed E-state index contributed by atoms with van der Waals surface area (Å²) in [5.74, 6) is 0. The molecule has 0 aliphatic heterocycles. The monoisotopic (exact) mass is 327 g/mol. The van der Waals surface area contributed by atoms with E-state index < -0.39 is 0 Å². The summed E-state index contributed by atoms with van der Waals surface area (Å²) < 4.78 is 0. The summed E-state index contributed by atoms with van der Waals surface area (Å²) in [5.41, 5.74) is 3.47. The third-order valence-electron chi connectivity index (χ3n) is 3.39. The topological polar surface area (TPSA) is 12.0 Å². The van der Waals surface area contributed by atoms with Crippen molar-refractivity contribution in [2.45, 2.75) is 19.4 Å². The van der Waals surface area contributed by atoms with Gasteiger partial charge >= 0.3 is 0 Å². The Morgan fingerprint density at radius 2 is 1.65 bits per heavy atom. The molecule has 1 nitrogen and oxygen atoms in total. The molecule has 0 bridgehead atoms. The van der Waals surface area contributed by atoms with Gasteiger partial charge in [-0.1, -0.05) is 46.9 Å². The Kier molecular flexibility index (Phi) is 5.34. The van der Waals surface area contributed by atoms with Crippen LogP contribution in [-0.4, -0.2) is 7.05 Å². The lowest BCUT2D eigenvalue weighted by atomic mass is 9.95. The number of rotatable bonds is 4. The zero-order valence-electron chi connectivity index (χ0n) is 11.4. The normalized spacial score (nSPS) is 12.4. The van der Waals surface area contributed by atoms with Crippen molar-refractivity contribution in [3.63, 3.8) is 0 Å². The molecule has 0 radical (unpaired) electrons. The molecule has 0 fully saturated rings. The number of hydrogen-bond donors (Lipinski definition) is 1. The summed E-state index contributed by atoms with van der Waals surface area (Å²) in [6.07, 6.45) is 0.801. The van der Waals surface area contributed by atoms with E-state index in [4.69, 9.17) is 34.8 Å². The maximum atomic E-state index is 6.25. The Hall–Kier alpha value is -0.730. The zero-order chi connectivity index (χ0) is 14.7. The van der Waals surface area contributed by atoms with Crippen molar-refractivity contribution in [1.29, 1.82) is 0 Å². The van der Waals surface area contributed by atoms with Gasteiger partial charge in [0.1, 0.15) is 0 Å². The third-order valence-corrected chi connectivity index (χ3v) is 4.22. The SMILES string of the molecule is CNC(Cc1ccc(Cl)cc1Cl)c1ccc(Cl)cc1C. The van der Waals surface area contributed by atoms with Gasteiger partial charge in [-0.05, 0) is 61.3 Å². The second-order valence-corrected chi connectivity index (χ2v) is 6.06. The molecule has 106 valence electrons. The molecule has 20 heavy (non-hydrogen) atoms. The first kappa shape index (κ1) is 15.7. The molecule has 0 aliphatic carbocycles. The van der Waals surface area contributed by atoms with Crippen molar-refractivity contribution in [2.75, 3.05) is 7.05 Å². The number of nitrogens with one attached hydrogen (secondary N) is 1. The van der Waals surface area contributed by atoms with Crippen LogP contribution in [0.1, 0.15) is 22.7 Å². The summed E-state index contributed by atoms with van der Waals surface area (Å²) >= 11 is 18.2. The fourth-order valence-electron chi connectivity index (χ4n) is 2.30. The lowest BCUT2D eigenvalue weighted by molar-refractivity contribution is 0.589. The van der Waals surface area contributed by atoms with Crippen molar-refractivity contribution < 1.29 is 0 Å². The standard InChI is InChI=1S/C16H16Cl3N/c1-10-7-12(17)5-6-14(10)16(20-2)8-11-3-4-13(18)9-15(11)19/h3-7,9,16,20H,8H2,1-2H3. The van der Waals surface area contributed by atoms with E-state index in [9.17, 15) is 0 Å². The number of halogens is 3. The fraction of sp³-hybridized carbons (Fsp3) is 0.250. The highest BCUT2D eigenvalue weighted by Crippen LogP contribution is 2.28. The number of aryl methyl sites for hydroxylation is 1. The van der Waals surface area contributed by atoms with E-state index in [-0.39, 0.29) is 6.04 Å².